The summed E-state index contributed by atoms with van der Waals surface area (Å²) in [4.78, 5) is 57.2. The zero-order valence-corrected chi connectivity index (χ0v) is 73.3. The predicted octanol–water partition coefficient (Wildman–Crippen LogP) is 12.1. The Labute approximate surface area is 714 Å². The summed E-state index contributed by atoms with van der Waals surface area (Å²) in [5.41, 5.74) is 5.54. The predicted molar refractivity (Wildman–Crippen MR) is 460 cm³/mol. The number of ether oxygens (including phenoxy) is 7. The van der Waals surface area contributed by atoms with E-state index in [2.05, 4.69) is 35.5 Å². The SMILES string of the molecule is C.C.C.CCS(=O)(=O)N1[C@@H]2CCC[C@H]1CC(N(C)c1nc(Cl)cc(Cl)n1)C2.CCS(=O)(=O)N1[C@@H]2CCC[C@H]1CC(N(C)c1nc(Cl)cc(OCC3COC3)n1)C2.CCS(=O)(=O)N1[C@@H]2CCC[C@H]1CC(N(C)c1nc(Nc3cc(C)n(C(=O)OC(C)(C)C)n3)cc(OCC3COC3)n1)C2.Cc1cc(N)nn1C(=O)OC(C)(C)C.OCC1COC1. The quantitative estimate of drug-likeness (QED) is 0.0574. The molecule has 0 aromatic carbocycles. The molecule has 0 spiro atoms. The van der Waals surface area contributed by atoms with Gasteiger partial charge in [-0.05, 0) is 153 Å². The Balaban J connectivity index is 0.000000222. The molecule has 5 aromatic rings. The molecule has 666 valence electrons. The molecule has 9 saturated heterocycles. The van der Waals surface area contributed by atoms with Crippen molar-refractivity contribution in [3.63, 3.8) is 0 Å². The number of hydrogen-bond acceptors (Lipinski definition) is 29. The molecule has 40 heteroatoms. The summed E-state index contributed by atoms with van der Waals surface area (Å²) in [6.07, 6.45) is 12.0. The van der Waals surface area contributed by atoms with Gasteiger partial charge >= 0.3 is 12.2 Å². The van der Waals surface area contributed by atoms with Gasteiger partial charge in [-0.2, -0.15) is 37.2 Å². The number of aliphatic hydroxyl groups is 1. The number of halogens is 3. The minimum Gasteiger partial charge on any atom is -0.477 e. The lowest BCUT2D eigenvalue weighted by Crippen LogP contribution is -2.58. The Kier molecular flexibility index (Phi) is 35.7. The van der Waals surface area contributed by atoms with E-state index >= 15 is 0 Å². The molecule has 118 heavy (non-hydrogen) atoms. The molecule has 4 N–H and O–H groups in total. The van der Waals surface area contributed by atoms with Crippen LogP contribution < -0.4 is 35.2 Å². The largest absolute Gasteiger partial charge is 0.477 e. The van der Waals surface area contributed by atoms with Crippen molar-refractivity contribution in [3.05, 3.63) is 57.2 Å². The number of anilines is 6. The molecular formula is C78H129Cl3N18O16S3. The summed E-state index contributed by atoms with van der Waals surface area (Å²) in [6, 6.07) is 8.79. The summed E-state index contributed by atoms with van der Waals surface area (Å²) in [7, 11) is -3.79. The van der Waals surface area contributed by atoms with Gasteiger partial charge in [0.05, 0.1) is 76.7 Å². The fraction of sp³-hybridized carbons (Fsp3) is 0.744. The lowest BCUT2D eigenvalue weighted by atomic mass is 9.83. The van der Waals surface area contributed by atoms with Crippen LogP contribution in [0.25, 0.3) is 0 Å². The molecule has 9 fully saturated rings. The first kappa shape index (κ1) is 98.7. The molecule has 9 aliphatic rings. The van der Waals surface area contributed by atoms with Crippen molar-refractivity contribution in [2.24, 2.45) is 17.8 Å². The maximum absolute atomic E-state index is 12.9. The second kappa shape index (κ2) is 42.6. The highest BCUT2D eigenvalue weighted by Gasteiger charge is 2.48. The van der Waals surface area contributed by atoms with Gasteiger partial charge in [0, 0.05) is 135 Å². The second-order valence-electron chi connectivity index (χ2n) is 33.0. The highest BCUT2D eigenvalue weighted by atomic mass is 35.5. The lowest BCUT2D eigenvalue weighted by Gasteiger charge is -2.49. The molecular weight excluding hydrogens is 1650 g/mol. The first-order chi connectivity index (χ1) is 54.2. The van der Waals surface area contributed by atoms with Crippen molar-refractivity contribution >= 4 is 112 Å². The summed E-state index contributed by atoms with van der Waals surface area (Å²) in [5.74, 6) is 5.16. The van der Waals surface area contributed by atoms with Crippen LogP contribution in [0, 0.1) is 31.6 Å². The molecule has 34 nitrogen and oxygen atoms in total. The van der Waals surface area contributed by atoms with E-state index in [1.165, 1.54) is 10.7 Å². The number of nitrogen functional groups attached to an aromatic ring is 1. The van der Waals surface area contributed by atoms with Crippen molar-refractivity contribution in [1.29, 1.82) is 0 Å². The number of aromatic nitrogens is 10. The number of nitrogens with two attached hydrogens (primary N) is 1. The van der Waals surface area contributed by atoms with E-state index in [-0.39, 0.29) is 93.9 Å². The molecule has 14 rings (SSSR count). The van der Waals surface area contributed by atoms with Crippen LogP contribution in [0.4, 0.5) is 44.9 Å². The third-order valence-corrected chi connectivity index (χ3v) is 28.3. The number of carbonyl (C=O) groups excluding carboxylic acids is 2. The van der Waals surface area contributed by atoms with E-state index < -0.39 is 53.5 Å². The van der Waals surface area contributed by atoms with E-state index in [0.717, 1.165) is 101 Å². The summed E-state index contributed by atoms with van der Waals surface area (Å²) >= 11 is 18.2. The molecule has 0 amide bonds. The zero-order chi connectivity index (χ0) is 83.6. The smallest absolute Gasteiger partial charge is 0.435 e. The number of nitrogens with one attached hydrogen (secondary N) is 1. The number of carbonyl (C=O) groups is 2. The maximum atomic E-state index is 12.9. The van der Waals surface area contributed by atoms with Gasteiger partial charge in [-0.15, -0.1) is 10.2 Å². The fourth-order valence-corrected chi connectivity index (χ4v) is 21.1. The first-order valence-corrected chi connectivity index (χ1v) is 45.8. The Bertz CT molecular complexity index is 4390. The molecule has 9 atom stereocenters. The van der Waals surface area contributed by atoms with Crippen molar-refractivity contribution in [3.8, 4) is 11.8 Å². The molecule has 9 aliphatic heterocycles. The van der Waals surface area contributed by atoms with Gasteiger partial charge in [0.15, 0.2) is 5.82 Å². The third-order valence-electron chi connectivity index (χ3n) is 21.8. The van der Waals surface area contributed by atoms with Crippen LogP contribution in [-0.2, 0) is 53.8 Å². The van der Waals surface area contributed by atoms with Crippen LogP contribution in [-0.4, -0.2) is 268 Å². The first-order valence-electron chi connectivity index (χ1n) is 39.8. The Morgan fingerprint density at radius 1 is 0.492 bits per heavy atom. The van der Waals surface area contributed by atoms with Gasteiger partial charge in [0.25, 0.3) is 0 Å². The topological polar surface area (TPSA) is 392 Å². The zero-order valence-electron chi connectivity index (χ0n) is 68.6. The van der Waals surface area contributed by atoms with Crippen LogP contribution >= 0.6 is 34.8 Å². The highest BCUT2D eigenvalue weighted by molar-refractivity contribution is 7.89. The van der Waals surface area contributed by atoms with Crippen LogP contribution in [0.5, 0.6) is 11.8 Å². The fourth-order valence-electron chi connectivity index (χ4n) is 15.7. The Morgan fingerprint density at radius 3 is 1.12 bits per heavy atom. The van der Waals surface area contributed by atoms with Crippen molar-refractivity contribution < 1.29 is 73.1 Å². The van der Waals surface area contributed by atoms with E-state index in [4.69, 9.17) is 88.8 Å². The number of piperidine rings is 6. The highest BCUT2D eigenvalue weighted by Crippen LogP contribution is 2.43. The third kappa shape index (κ3) is 26.1. The Hall–Kier alpha value is -6.36. The molecule has 5 aromatic heterocycles. The average Bonchev–Trinajstić information content (AvgIpc) is 0.931. The number of fused-ring (bicyclic) bond motifs is 6. The number of aliphatic hydroxyl groups excluding tert-OH is 1. The minimum atomic E-state index is -3.27. The van der Waals surface area contributed by atoms with Gasteiger partial charge in [0.1, 0.15) is 38.3 Å². The van der Waals surface area contributed by atoms with Gasteiger partial charge in [-0.3, -0.25) is 0 Å². The summed E-state index contributed by atoms with van der Waals surface area (Å²) in [5, 5.41) is 20.7. The van der Waals surface area contributed by atoms with Gasteiger partial charge in [-0.25, -0.2) is 49.8 Å². The Morgan fingerprint density at radius 2 is 0.814 bits per heavy atom. The number of nitrogens with zero attached hydrogens (tertiary/aromatic N) is 16. The summed E-state index contributed by atoms with van der Waals surface area (Å²) < 4.78 is 121. The summed E-state index contributed by atoms with van der Waals surface area (Å²) in [6.45, 7) is 25.1. The van der Waals surface area contributed by atoms with Crippen LogP contribution in [0.1, 0.15) is 192 Å². The molecule has 6 bridgehead atoms. The number of hydrogen-bond donors (Lipinski definition) is 3. The van der Waals surface area contributed by atoms with Gasteiger partial charge in [0.2, 0.25) is 59.7 Å². The molecule has 0 saturated carbocycles. The molecule has 0 radical (unpaired) electrons. The van der Waals surface area contributed by atoms with E-state index in [1.54, 1.807) is 113 Å². The second-order valence-corrected chi connectivity index (χ2v) is 40.6. The molecule has 0 aliphatic carbocycles. The molecule has 3 unspecified atom stereocenters. The standard InChI is InChI=1S/C28H43N7O6S.C19H29ClN4O4S.C15H22Cl2N4O2S.C9H15N3O2.C4H8O2.3CH4/c1-7-42(37,38)35-20-9-8-10-21(35)13-22(12-20)33(6)26-30-23(14-25(31-26)40-17-19-15-39-16-19)29-24-11-18(2)34(32-24)27(36)41-28(3,4)5;1-3-29(25,26)24-14-5-4-6-15(24)8-16(7-14)23(2)19-21-17(20)9-18(22-19)28-12-13-10-27-11-13;1-3-24(22,23)21-10-5-4-6-11(21)8-12(7-10)20(2)15-18-13(16)9-14(17)19-15;1-6-5-7(10)11-12(6)8(13)14-9(2,3)4;5-1-4-2-6-3-4;;;/h11,14,19-22H,7-10,12-13,15-17H2,1-6H3,(H,29,30,31,32);9,13-16H,3-8,10-12H2,1-2H3;9-12H,3-8H2,1-2H3;5H,1-4H3,(H2,10,11);4-5H,1-3H2;3*1H4/t20-,21+,22?;14-,15+,16?;10-,11+,12?;;;;;. The lowest BCUT2D eigenvalue weighted by molar-refractivity contribution is -0.0554. The van der Waals surface area contributed by atoms with E-state index in [1.807, 2.05) is 35.8 Å². The minimum absolute atomic E-state index is 0. The van der Waals surface area contributed by atoms with Crippen LogP contribution in [0.2, 0.25) is 15.5 Å². The number of sulfonamides is 3. The maximum Gasteiger partial charge on any atom is 0.435 e. The van der Waals surface area contributed by atoms with Gasteiger partial charge in [-0.1, -0.05) is 76.3 Å². The van der Waals surface area contributed by atoms with E-state index in [9.17, 15) is 34.8 Å². The molecule has 14 heterocycles. The average molecular weight is 1780 g/mol. The number of aryl methyl sites for hydroxylation is 2. The number of rotatable bonds is 21. The monoisotopic (exact) mass is 1770 g/mol. The van der Waals surface area contributed by atoms with Crippen molar-refractivity contribution in [2.45, 2.75) is 260 Å². The van der Waals surface area contributed by atoms with Crippen LogP contribution in [0.15, 0.2) is 30.3 Å². The van der Waals surface area contributed by atoms with Gasteiger partial charge < -0.3 is 64.0 Å². The normalized spacial score (nSPS) is 23.4. The van der Waals surface area contributed by atoms with Crippen molar-refractivity contribution in [1.82, 2.24) is 62.4 Å². The van der Waals surface area contributed by atoms with E-state index in [0.29, 0.717) is 151 Å². The van der Waals surface area contributed by atoms with Crippen LogP contribution in [0.3, 0.4) is 0 Å². The van der Waals surface area contributed by atoms with Crippen molar-refractivity contribution in [2.75, 3.05) is 124 Å².